The Bertz CT molecular complexity index is 1200. The number of hydrogen-bond acceptors (Lipinski definition) is 6. The van der Waals surface area contributed by atoms with Crippen LogP contribution in [-0.2, 0) is 23.9 Å². The van der Waals surface area contributed by atoms with Crippen LogP contribution in [0.25, 0.3) is 6.08 Å². The van der Waals surface area contributed by atoms with Crippen molar-refractivity contribution in [3.63, 3.8) is 0 Å². The highest BCUT2D eigenvalue weighted by Crippen LogP contribution is 2.33. The monoisotopic (exact) mass is 504 g/mol. The molecule has 1 N–H and O–H groups in total. The van der Waals surface area contributed by atoms with Gasteiger partial charge in [-0.2, -0.15) is 0 Å². The van der Waals surface area contributed by atoms with E-state index in [-0.39, 0.29) is 41.7 Å². The summed E-state index contributed by atoms with van der Waals surface area (Å²) in [5, 5.41) is 2.91. The SMILES string of the molecule is COC(=O)C1=C(C)N(C[C@H]2CCCO2)C(=O)/C1=C\c1ccc(OCC(=O)N[C@H](C)c2ccccc2)cc1. The van der Waals surface area contributed by atoms with Crippen molar-refractivity contribution in [3.8, 4) is 5.75 Å². The second-order valence-electron chi connectivity index (χ2n) is 9.12. The molecule has 8 heteroatoms. The molecule has 0 aromatic heterocycles. The number of benzene rings is 2. The van der Waals surface area contributed by atoms with Crippen molar-refractivity contribution in [2.75, 3.05) is 26.9 Å². The molecule has 194 valence electrons. The number of hydrogen-bond donors (Lipinski definition) is 1. The highest BCUT2D eigenvalue weighted by molar-refractivity contribution is 6.16. The van der Waals surface area contributed by atoms with E-state index in [2.05, 4.69) is 5.32 Å². The van der Waals surface area contributed by atoms with Crippen LogP contribution >= 0.6 is 0 Å². The number of rotatable bonds is 9. The van der Waals surface area contributed by atoms with E-state index in [1.807, 2.05) is 37.3 Å². The second-order valence-corrected chi connectivity index (χ2v) is 9.12. The van der Waals surface area contributed by atoms with Crippen molar-refractivity contribution < 1.29 is 28.6 Å². The van der Waals surface area contributed by atoms with Gasteiger partial charge in [0.15, 0.2) is 6.61 Å². The van der Waals surface area contributed by atoms with Gasteiger partial charge in [0.1, 0.15) is 5.75 Å². The lowest BCUT2D eigenvalue weighted by atomic mass is 10.0. The van der Waals surface area contributed by atoms with Crippen LogP contribution in [0.2, 0.25) is 0 Å². The van der Waals surface area contributed by atoms with Gasteiger partial charge in [-0.15, -0.1) is 0 Å². The van der Waals surface area contributed by atoms with Crippen molar-refractivity contribution in [1.82, 2.24) is 10.2 Å². The Morgan fingerprint density at radius 1 is 1.16 bits per heavy atom. The van der Waals surface area contributed by atoms with Gasteiger partial charge < -0.3 is 24.4 Å². The molecule has 2 aliphatic heterocycles. The summed E-state index contributed by atoms with van der Waals surface area (Å²) >= 11 is 0. The van der Waals surface area contributed by atoms with E-state index in [0.717, 1.165) is 18.4 Å². The van der Waals surface area contributed by atoms with E-state index in [9.17, 15) is 14.4 Å². The van der Waals surface area contributed by atoms with E-state index >= 15 is 0 Å². The third-order valence-electron chi connectivity index (χ3n) is 6.55. The van der Waals surface area contributed by atoms with Gasteiger partial charge in [-0.25, -0.2) is 4.79 Å². The first-order valence-electron chi connectivity index (χ1n) is 12.4. The van der Waals surface area contributed by atoms with Gasteiger partial charge in [-0.05, 0) is 56.0 Å². The van der Waals surface area contributed by atoms with E-state index in [0.29, 0.717) is 30.2 Å². The predicted molar refractivity (Wildman–Crippen MR) is 138 cm³/mol. The molecule has 2 atom stereocenters. The minimum atomic E-state index is -0.553. The first kappa shape index (κ1) is 26.2. The van der Waals surface area contributed by atoms with Crippen molar-refractivity contribution in [3.05, 3.63) is 82.6 Å². The van der Waals surface area contributed by atoms with E-state index in [1.165, 1.54) is 7.11 Å². The van der Waals surface area contributed by atoms with Crippen molar-refractivity contribution in [1.29, 1.82) is 0 Å². The van der Waals surface area contributed by atoms with Gasteiger partial charge in [0.2, 0.25) is 0 Å². The summed E-state index contributed by atoms with van der Waals surface area (Å²) < 4.78 is 16.3. The Morgan fingerprint density at radius 3 is 2.54 bits per heavy atom. The lowest BCUT2D eigenvalue weighted by Crippen LogP contribution is -2.33. The zero-order valence-corrected chi connectivity index (χ0v) is 21.4. The third kappa shape index (κ3) is 6.27. The highest BCUT2D eigenvalue weighted by Gasteiger charge is 2.38. The fourth-order valence-corrected chi connectivity index (χ4v) is 4.52. The summed E-state index contributed by atoms with van der Waals surface area (Å²) in [5.41, 5.74) is 2.83. The molecule has 4 rings (SSSR count). The first-order valence-corrected chi connectivity index (χ1v) is 12.4. The Balaban J connectivity index is 1.41. The van der Waals surface area contributed by atoms with Crippen LogP contribution in [-0.4, -0.2) is 55.7 Å². The lowest BCUT2D eigenvalue weighted by molar-refractivity contribution is -0.136. The molecule has 2 amide bonds. The van der Waals surface area contributed by atoms with Crippen LogP contribution < -0.4 is 10.1 Å². The number of carbonyl (C=O) groups is 3. The first-order chi connectivity index (χ1) is 17.9. The number of ether oxygens (including phenoxy) is 3. The third-order valence-corrected chi connectivity index (χ3v) is 6.55. The zero-order chi connectivity index (χ0) is 26.4. The average molecular weight is 505 g/mol. The zero-order valence-electron chi connectivity index (χ0n) is 21.4. The minimum absolute atomic E-state index is 0.0403. The molecule has 37 heavy (non-hydrogen) atoms. The van der Waals surface area contributed by atoms with E-state index in [4.69, 9.17) is 14.2 Å². The molecule has 0 radical (unpaired) electrons. The molecule has 8 nitrogen and oxygen atoms in total. The van der Waals surface area contributed by atoms with Crippen LogP contribution in [0.3, 0.4) is 0 Å². The number of carbonyl (C=O) groups excluding carboxylic acids is 3. The van der Waals surface area contributed by atoms with Crippen LogP contribution in [0.15, 0.2) is 71.4 Å². The summed E-state index contributed by atoms with van der Waals surface area (Å²) in [6, 6.07) is 16.6. The molecule has 0 bridgehead atoms. The molecule has 0 unspecified atom stereocenters. The van der Waals surface area contributed by atoms with Gasteiger partial charge in [0.05, 0.1) is 36.9 Å². The number of amides is 2. The van der Waals surface area contributed by atoms with Crippen LogP contribution in [0.1, 0.15) is 43.9 Å². The van der Waals surface area contributed by atoms with Gasteiger partial charge >= 0.3 is 5.97 Å². The molecule has 2 heterocycles. The van der Waals surface area contributed by atoms with Crippen LogP contribution in [0.5, 0.6) is 5.75 Å². The van der Waals surface area contributed by atoms with Gasteiger partial charge in [-0.3, -0.25) is 9.59 Å². The molecule has 0 aliphatic carbocycles. The molecule has 2 aromatic rings. The maximum atomic E-state index is 13.3. The Hall–Kier alpha value is -3.91. The predicted octanol–water partition coefficient (Wildman–Crippen LogP) is 3.79. The van der Waals surface area contributed by atoms with Crippen molar-refractivity contribution in [2.24, 2.45) is 0 Å². The number of nitrogens with one attached hydrogen (secondary N) is 1. The molecule has 0 saturated carbocycles. The largest absolute Gasteiger partial charge is 0.484 e. The summed E-state index contributed by atoms with van der Waals surface area (Å²) in [6.45, 7) is 4.63. The molecule has 2 aromatic carbocycles. The van der Waals surface area contributed by atoms with Gasteiger partial charge in [0.25, 0.3) is 11.8 Å². The van der Waals surface area contributed by atoms with Crippen LogP contribution in [0, 0.1) is 0 Å². The van der Waals surface area contributed by atoms with Gasteiger partial charge in [0, 0.05) is 12.3 Å². The highest BCUT2D eigenvalue weighted by atomic mass is 16.5. The summed E-state index contributed by atoms with van der Waals surface area (Å²) in [4.78, 5) is 39.7. The van der Waals surface area contributed by atoms with E-state index in [1.54, 1.807) is 42.2 Å². The number of nitrogens with zero attached hydrogens (tertiary/aromatic N) is 1. The second kappa shape index (κ2) is 11.9. The van der Waals surface area contributed by atoms with Gasteiger partial charge in [-0.1, -0.05) is 42.5 Å². The Kier molecular flexibility index (Phi) is 8.40. The number of allylic oxidation sites excluding steroid dienone is 1. The smallest absolute Gasteiger partial charge is 0.340 e. The molecule has 1 saturated heterocycles. The lowest BCUT2D eigenvalue weighted by Gasteiger charge is -2.21. The normalized spacial score (nSPS) is 19.3. The topological polar surface area (TPSA) is 94.2 Å². The van der Waals surface area contributed by atoms with Crippen molar-refractivity contribution in [2.45, 2.75) is 38.8 Å². The Morgan fingerprint density at radius 2 is 1.89 bits per heavy atom. The van der Waals surface area contributed by atoms with E-state index < -0.39 is 5.97 Å². The summed E-state index contributed by atoms with van der Waals surface area (Å²) in [7, 11) is 1.30. The summed E-state index contributed by atoms with van der Waals surface area (Å²) in [6.07, 6.45) is 3.48. The maximum Gasteiger partial charge on any atom is 0.340 e. The fraction of sp³-hybridized carbons (Fsp3) is 0.345. The molecular weight excluding hydrogens is 472 g/mol. The van der Waals surface area contributed by atoms with Crippen molar-refractivity contribution >= 4 is 23.9 Å². The average Bonchev–Trinajstić information content (AvgIpc) is 3.51. The maximum absolute atomic E-state index is 13.3. The van der Waals surface area contributed by atoms with Crippen LogP contribution in [0.4, 0.5) is 0 Å². The quantitative estimate of drug-likeness (QED) is 0.413. The summed E-state index contributed by atoms with van der Waals surface area (Å²) in [5.74, 6) is -0.517. The number of methoxy groups -OCH3 is 1. The number of esters is 1. The molecule has 2 aliphatic rings. The molecule has 0 spiro atoms. The Labute approximate surface area is 216 Å². The standard InChI is InChI=1S/C29H32N2O6/c1-19(22-8-5-4-6-9-22)30-26(32)18-37-23-13-11-21(12-14-23)16-25-27(29(34)35-3)20(2)31(28(25)33)17-24-10-7-15-36-24/h4-6,8-9,11-14,16,19,24H,7,10,15,17-18H2,1-3H3,(H,30,32)/b25-16-/t19-,24-/m1/s1. The fourth-order valence-electron chi connectivity index (χ4n) is 4.52. The molecule has 1 fully saturated rings. The molecular formula is C29H32N2O6. The minimum Gasteiger partial charge on any atom is -0.484 e.